The Balaban J connectivity index is 2.68. The van der Waals surface area contributed by atoms with E-state index in [4.69, 9.17) is 0 Å². The first-order chi connectivity index (χ1) is 10.2. The van der Waals surface area contributed by atoms with E-state index in [1.54, 1.807) is 12.1 Å². The van der Waals surface area contributed by atoms with Crippen LogP contribution >= 0.6 is 0 Å². The third-order valence-corrected chi connectivity index (χ3v) is 4.61. The van der Waals surface area contributed by atoms with Crippen molar-refractivity contribution in [2.75, 3.05) is 11.6 Å². The van der Waals surface area contributed by atoms with Gasteiger partial charge in [0.2, 0.25) is 0 Å². The molecule has 2 N–H and O–H groups in total. The van der Waals surface area contributed by atoms with E-state index >= 15 is 0 Å². The van der Waals surface area contributed by atoms with Crippen molar-refractivity contribution >= 4 is 21.6 Å². The molecule has 0 bridgehead atoms. The fourth-order valence-corrected chi connectivity index (χ4v) is 2.77. The number of benzene rings is 1. The van der Waals surface area contributed by atoms with E-state index in [1.807, 2.05) is 13.8 Å². The molecule has 5 nitrogen and oxygen atoms in total. The van der Waals surface area contributed by atoms with Crippen LogP contribution in [-0.2, 0) is 9.84 Å². The number of nitrogens with one attached hydrogen (secondary N) is 2. The van der Waals surface area contributed by atoms with Gasteiger partial charge >= 0.3 is 6.03 Å². The van der Waals surface area contributed by atoms with Crippen molar-refractivity contribution in [1.82, 2.24) is 5.32 Å². The molecule has 2 amide bonds. The van der Waals surface area contributed by atoms with Crippen LogP contribution in [0.25, 0.3) is 0 Å². The minimum atomic E-state index is -3.29. The van der Waals surface area contributed by atoms with Crippen molar-refractivity contribution in [3.8, 4) is 0 Å². The van der Waals surface area contributed by atoms with E-state index in [-0.39, 0.29) is 17.0 Å². The maximum atomic E-state index is 12.0. The van der Waals surface area contributed by atoms with Gasteiger partial charge in [0, 0.05) is 18.0 Å². The monoisotopic (exact) mass is 326 g/mol. The normalized spacial score (nSPS) is 12.7. The molecular weight excluding hydrogens is 300 g/mol. The Hall–Kier alpha value is -1.56. The predicted octanol–water partition coefficient (Wildman–Crippen LogP) is 3.49. The van der Waals surface area contributed by atoms with Gasteiger partial charge in [-0.1, -0.05) is 32.3 Å². The Kier molecular flexibility index (Phi) is 6.87. The molecule has 0 fully saturated rings. The lowest BCUT2D eigenvalue weighted by molar-refractivity contribution is 0.248. The van der Waals surface area contributed by atoms with Gasteiger partial charge in [0.15, 0.2) is 9.84 Å². The van der Waals surface area contributed by atoms with Crippen LogP contribution in [0.4, 0.5) is 10.5 Å². The summed E-state index contributed by atoms with van der Waals surface area (Å²) in [7, 11) is -3.29. The maximum absolute atomic E-state index is 12.0. The lowest BCUT2D eigenvalue weighted by atomic mass is 10.1. The molecule has 6 heteroatoms. The zero-order chi connectivity index (χ0) is 16.8. The van der Waals surface area contributed by atoms with E-state index in [9.17, 15) is 13.2 Å². The maximum Gasteiger partial charge on any atom is 0.319 e. The van der Waals surface area contributed by atoms with Gasteiger partial charge in [-0.3, -0.25) is 0 Å². The number of carbonyl (C=O) groups excluding carboxylic acids is 1. The summed E-state index contributed by atoms with van der Waals surface area (Å²) in [4.78, 5) is 12.2. The zero-order valence-corrected chi connectivity index (χ0v) is 14.6. The lowest BCUT2D eigenvalue weighted by Gasteiger charge is -2.16. The van der Waals surface area contributed by atoms with Gasteiger partial charge in [-0.2, -0.15) is 0 Å². The number of hydrogen-bond acceptors (Lipinski definition) is 3. The van der Waals surface area contributed by atoms with Gasteiger partial charge in [-0.05, 0) is 38.0 Å². The zero-order valence-electron chi connectivity index (χ0n) is 13.8. The third kappa shape index (κ3) is 6.05. The highest BCUT2D eigenvalue weighted by Crippen LogP contribution is 2.20. The van der Waals surface area contributed by atoms with Crippen molar-refractivity contribution in [3.63, 3.8) is 0 Å². The lowest BCUT2D eigenvalue weighted by Crippen LogP contribution is -2.36. The molecule has 0 saturated carbocycles. The molecule has 1 atom stereocenters. The molecule has 1 rings (SSSR count). The second kappa shape index (κ2) is 8.17. The molecule has 0 radical (unpaired) electrons. The van der Waals surface area contributed by atoms with Crippen LogP contribution in [-0.4, -0.2) is 26.7 Å². The molecule has 0 heterocycles. The van der Waals surface area contributed by atoms with E-state index in [0.29, 0.717) is 5.69 Å². The molecule has 0 aliphatic heterocycles. The van der Waals surface area contributed by atoms with Crippen LogP contribution in [0.5, 0.6) is 0 Å². The second-order valence-corrected chi connectivity index (χ2v) is 7.76. The molecule has 1 aromatic rings. The topological polar surface area (TPSA) is 75.3 Å². The van der Waals surface area contributed by atoms with Crippen LogP contribution in [0.15, 0.2) is 23.1 Å². The van der Waals surface area contributed by atoms with Crippen molar-refractivity contribution < 1.29 is 13.2 Å². The standard InChI is InChI=1S/C16H26N2O3S/c1-5-6-7-8-13(3)17-16(19)18-15-11-14(22(4,20)21)10-9-12(15)2/h9-11,13H,5-8H2,1-4H3,(H2,17,18,19)/t13-/m1/s1. The number of hydrogen-bond donors (Lipinski definition) is 2. The molecule has 1 aromatic carbocycles. The summed E-state index contributed by atoms with van der Waals surface area (Å²) >= 11 is 0. The third-order valence-electron chi connectivity index (χ3n) is 3.50. The second-order valence-electron chi connectivity index (χ2n) is 5.74. The Labute approximate surface area is 133 Å². The highest BCUT2D eigenvalue weighted by molar-refractivity contribution is 7.90. The number of anilines is 1. The number of urea groups is 1. The van der Waals surface area contributed by atoms with Crippen LogP contribution in [0.1, 0.15) is 45.1 Å². The van der Waals surface area contributed by atoms with E-state index in [0.717, 1.165) is 37.5 Å². The summed E-state index contributed by atoms with van der Waals surface area (Å²) in [5, 5.41) is 5.60. The number of rotatable bonds is 7. The predicted molar refractivity (Wildman–Crippen MR) is 90.0 cm³/mol. The minimum Gasteiger partial charge on any atom is -0.335 e. The van der Waals surface area contributed by atoms with Gasteiger partial charge in [-0.15, -0.1) is 0 Å². The fraction of sp³-hybridized carbons (Fsp3) is 0.562. The summed E-state index contributed by atoms with van der Waals surface area (Å²) in [6, 6.07) is 4.51. The van der Waals surface area contributed by atoms with Gasteiger partial charge in [-0.25, -0.2) is 13.2 Å². The summed E-state index contributed by atoms with van der Waals surface area (Å²) in [5.41, 5.74) is 1.34. The van der Waals surface area contributed by atoms with Crippen LogP contribution in [0.3, 0.4) is 0 Å². The first kappa shape index (κ1) is 18.5. The number of unbranched alkanes of at least 4 members (excludes halogenated alkanes) is 2. The molecule has 0 aromatic heterocycles. The average Bonchev–Trinajstić information content (AvgIpc) is 2.40. The van der Waals surface area contributed by atoms with Crippen molar-refractivity contribution in [1.29, 1.82) is 0 Å². The molecular formula is C16H26N2O3S. The van der Waals surface area contributed by atoms with Crippen LogP contribution in [0.2, 0.25) is 0 Å². The Bertz CT molecular complexity index is 612. The van der Waals surface area contributed by atoms with Crippen LogP contribution in [0, 0.1) is 6.92 Å². The minimum absolute atomic E-state index is 0.0879. The SMILES string of the molecule is CCCCC[C@@H](C)NC(=O)Nc1cc(S(C)(=O)=O)ccc1C. The molecule has 0 aliphatic carbocycles. The van der Waals surface area contributed by atoms with Crippen molar-refractivity contribution in [2.24, 2.45) is 0 Å². The van der Waals surface area contributed by atoms with Gasteiger partial charge in [0.25, 0.3) is 0 Å². The average molecular weight is 326 g/mol. The first-order valence-electron chi connectivity index (χ1n) is 7.62. The largest absolute Gasteiger partial charge is 0.335 e. The van der Waals surface area contributed by atoms with Gasteiger partial charge < -0.3 is 10.6 Å². The Morgan fingerprint density at radius 2 is 1.95 bits per heavy atom. The quantitative estimate of drug-likeness (QED) is 0.753. The highest BCUT2D eigenvalue weighted by atomic mass is 32.2. The number of carbonyl (C=O) groups is 1. The van der Waals surface area contributed by atoms with Gasteiger partial charge in [0.1, 0.15) is 0 Å². The van der Waals surface area contributed by atoms with Gasteiger partial charge in [0.05, 0.1) is 4.90 Å². The van der Waals surface area contributed by atoms with E-state index in [2.05, 4.69) is 17.6 Å². The smallest absolute Gasteiger partial charge is 0.319 e. The fourth-order valence-electron chi connectivity index (χ4n) is 2.12. The molecule has 0 unspecified atom stereocenters. The molecule has 124 valence electrons. The molecule has 22 heavy (non-hydrogen) atoms. The molecule has 0 saturated heterocycles. The summed E-state index contributed by atoms with van der Waals surface area (Å²) in [6.07, 6.45) is 5.47. The molecule has 0 aliphatic rings. The Morgan fingerprint density at radius 1 is 1.27 bits per heavy atom. The first-order valence-corrected chi connectivity index (χ1v) is 9.51. The van der Waals surface area contributed by atoms with Crippen LogP contribution < -0.4 is 10.6 Å². The summed E-state index contributed by atoms with van der Waals surface area (Å²) in [5.74, 6) is 0. The van der Waals surface area contributed by atoms with E-state index < -0.39 is 9.84 Å². The molecule has 0 spiro atoms. The highest BCUT2D eigenvalue weighted by Gasteiger charge is 2.12. The number of sulfone groups is 1. The summed E-state index contributed by atoms with van der Waals surface area (Å²) in [6.45, 7) is 5.93. The summed E-state index contributed by atoms with van der Waals surface area (Å²) < 4.78 is 23.2. The van der Waals surface area contributed by atoms with Crippen molar-refractivity contribution in [3.05, 3.63) is 23.8 Å². The van der Waals surface area contributed by atoms with Crippen molar-refractivity contribution in [2.45, 2.75) is 57.4 Å². The number of aryl methyl sites for hydroxylation is 1. The number of amides is 2. The Morgan fingerprint density at radius 3 is 2.55 bits per heavy atom. The van der Waals surface area contributed by atoms with E-state index in [1.165, 1.54) is 6.07 Å².